The van der Waals surface area contributed by atoms with E-state index in [2.05, 4.69) is 41.2 Å². The second-order valence-corrected chi connectivity index (χ2v) is 4.97. The van der Waals surface area contributed by atoms with Crippen molar-refractivity contribution in [3.05, 3.63) is 35.0 Å². The van der Waals surface area contributed by atoms with Crippen LogP contribution in [-0.2, 0) is 0 Å². The lowest BCUT2D eigenvalue weighted by molar-refractivity contribution is 0.670. The summed E-state index contributed by atoms with van der Waals surface area (Å²) in [4.78, 5) is 8.43. The molecule has 0 fully saturated rings. The molecule has 2 heterocycles. The molecule has 0 aliphatic carbocycles. The van der Waals surface area contributed by atoms with Gasteiger partial charge in [-0.2, -0.15) is 5.10 Å². The molecule has 0 bridgehead atoms. The van der Waals surface area contributed by atoms with Crippen molar-refractivity contribution < 1.29 is 0 Å². The molecule has 1 atom stereocenters. The average molecular weight is 259 g/mol. The van der Waals surface area contributed by atoms with Crippen LogP contribution in [-0.4, -0.2) is 33.3 Å². The number of nitrogens with zero attached hydrogens (tertiary/aromatic N) is 4. The number of aryl methyl sites for hydroxylation is 2. The lowest BCUT2D eigenvalue weighted by Crippen LogP contribution is -2.16. The van der Waals surface area contributed by atoms with Crippen molar-refractivity contribution in [1.29, 1.82) is 0 Å². The van der Waals surface area contributed by atoms with Crippen molar-refractivity contribution in [3.8, 4) is 5.82 Å². The summed E-state index contributed by atoms with van der Waals surface area (Å²) in [5, 5.41) is 7.84. The smallest absolute Gasteiger partial charge is 0.157 e. The first-order valence-electron chi connectivity index (χ1n) is 6.54. The van der Waals surface area contributed by atoms with Gasteiger partial charge in [0.15, 0.2) is 5.82 Å². The van der Waals surface area contributed by atoms with Crippen LogP contribution in [0.5, 0.6) is 0 Å². The van der Waals surface area contributed by atoms with Crippen LogP contribution in [0.2, 0.25) is 0 Å². The fourth-order valence-electron chi connectivity index (χ4n) is 2.56. The molecule has 19 heavy (non-hydrogen) atoms. The molecular formula is C14H21N5. The number of likely N-dealkylation sites (N-methyl/N-ethyl adjacent to an activating group) is 1. The van der Waals surface area contributed by atoms with Gasteiger partial charge in [-0.05, 0) is 33.7 Å². The topological polar surface area (TPSA) is 55.6 Å². The molecule has 2 aromatic heterocycles. The molecule has 1 N–H and O–H groups in total. The summed E-state index contributed by atoms with van der Waals surface area (Å²) in [6.45, 7) is 9.26. The lowest BCUT2D eigenvalue weighted by Gasteiger charge is -2.11. The van der Waals surface area contributed by atoms with Gasteiger partial charge in [0.05, 0.1) is 5.69 Å². The van der Waals surface area contributed by atoms with Crippen molar-refractivity contribution in [2.45, 2.75) is 33.6 Å². The Morgan fingerprint density at radius 2 is 2.00 bits per heavy atom. The summed E-state index contributed by atoms with van der Waals surface area (Å²) in [5.41, 5.74) is 4.46. The third kappa shape index (κ3) is 2.66. The van der Waals surface area contributed by atoms with Gasteiger partial charge in [-0.25, -0.2) is 14.6 Å². The van der Waals surface area contributed by atoms with E-state index in [0.29, 0.717) is 5.92 Å². The highest BCUT2D eigenvalue weighted by Crippen LogP contribution is 2.24. The fourth-order valence-corrected chi connectivity index (χ4v) is 2.56. The zero-order chi connectivity index (χ0) is 14.0. The van der Waals surface area contributed by atoms with Gasteiger partial charge in [0.1, 0.15) is 6.33 Å². The number of hydrogen-bond acceptors (Lipinski definition) is 4. The van der Waals surface area contributed by atoms with Gasteiger partial charge < -0.3 is 5.32 Å². The van der Waals surface area contributed by atoms with Gasteiger partial charge in [0.25, 0.3) is 0 Å². The second-order valence-electron chi connectivity index (χ2n) is 4.97. The van der Waals surface area contributed by atoms with Crippen LogP contribution in [0.1, 0.15) is 35.5 Å². The van der Waals surface area contributed by atoms with Gasteiger partial charge in [0, 0.05) is 29.6 Å². The van der Waals surface area contributed by atoms with E-state index in [4.69, 9.17) is 0 Å². The predicted octanol–water partition coefficient (Wildman–Crippen LogP) is 1.91. The Morgan fingerprint density at radius 1 is 1.26 bits per heavy atom. The standard InChI is InChI=1S/C14H21N5/c1-9(7-15-5)14-11(3)18-19(12(14)4)13-6-10(2)16-8-17-13/h6,8-9,15H,7H2,1-5H3. The summed E-state index contributed by atoms with van der Waals surface area (Å²) < 4.78 is 1.91. The molecule has 0 aliphatic heterocycles. The lowest BCUT2D eigenvalue weighted by atomic mass is 9.99. The maximum absolute atomic E-state index is 4.62. The first-order chi connectivity index (χ1) is 9.04. The minimum absolute atomic E-state index is 0.432. The highest BCUT2D eigenvalue weighted by molar-refractivity contribution is 5.35. The summed E-state index contributed by atoms with van der Waals surface area (Å²) in [6, 6.07) is 1.95. The first kappa shape index (κ1) is 13.7. The van der Waals surface area contributed by atoms with Gasteiger partial charge in [0.2, 0.25) is 0 Å². The minimum atomic E-state index is 0.432. The Morgan fingerprint density at radius 3 is 2.63 bits per heavy atom. The number of nitrogens with one attached hydrogen (secondary N) is 1. The van der Waals surface area contributed by atoms with E-state index in [-0.39, 0.29) is 0 Å². The largest absolute Gasteiger partial charge is 0.319 e. The van der Waals surface area contributed by atoms with Crippen LogP contribution in [0.15, 0.2) is 12.4 Å². The van der Waals surface area contributed by atoms with Crippen LogP contribution in [0, 0.1) is 20.8 Å². The van der Waals surface area contributed by atoms with Crippen molar-refractivity contribution in [2.24, 2.45) is 0 Å². The van der Waals surface area contributed by atoms with Crippen molar-refractivity contribution in [2.75, 3.05) is 13.6 Å². The summed E-state index contributed by atoms with van der Waals surface area (Å²) in [6.07, 6.45) is 1.58. The van der Waals surface area contributed by atoms with Gasteiger partial charge >= 0.3 is 0 Å². The number of aromatic nitrogens is 4. The van der Waals surface area contributed by atoms with Crippen molar-refractivity contribution in [3.63, 3.8) is 0 Å². The average Bonchev–Trinajstić information content (AvgIpc) is 2.65. The summed E-state index contributed by atoms with van der Waals surface area (Å²) in [7, 11) is 1.97. The molecule has 0 saturated carbocycles. The van der Waals surface area contributed by atoms with E-state index < -0.39 is 0 Å². The van der Waals surface area contributed by atoms with Crippen LogP contribution in [0.25, 0.3) is 5.82 Å². The molecule has 102 valence electrons. The Hall–Kier alpha value is -1.75. The summed E-state index contributed by atoms with van der Waals surface area (Å²) >= 11 is 0. The molecular weight excluding hydrogens is 238 g/mol. The van der Waals surface area contributed by atoms with Gasteiger partial charge in [-0.15, -0.1) is 0 Å². The Balaban J connectivity index is 2.47. The van der Waals surface area contributed by atoms with Gasteiger partial charge in [-0.3, -0.25) is 0 Å². The van der Waals surface area contributed by atoms with E-state index in [0.717, 1.165) is 29.4 Å². The van der Waals surface area contributed by atoms with Crippen LogP contribution < -0.4 is 5.32 Å². The monoisotopic (exact) mass is 259 g/mol. The Labute approximate surface area is 114 Å². The second kappa shape index (κ2) is 5.48. The molecule has 2 rings (SSSR count). The van der Waals surface area contributed by atoms with E-state index in [9.17, 15) is 0 Å². The quantitative estimate of drug-likeness (QED) is 0.911. The molecule has 2 aromatic rings. The van der Waals surface area contributed by atoms with Crippen molar-refractivity contribution >= 4 is 0 Å². The molecule has 0 aromatic carbocycles. The van der Waals surface area contributed by atoms with E-state index >= 15 is 0 Å². The normalized spacial score (nSPS) is 12.7. The number of rotatable bonds is 4. The molecule has 0 spiro atoms. The molecule has 0 aliphatic rings. The maximum Gasteiger partial charge on any atom is 0.157 e. The van der Waals surface area contributed by atoms with Gasteiger partial charge in [-0.1, -0.05) is 6.92 Å². The SMILES string of the molecule is CNCC(C)c1c(C)nn(-c2cc(C)ncn2)c1C. The van der Waals surface area contributed by atoms with Crippen LogP contribution in [0.4, 0.5) is 0 Å². The molecule has 5 heteroatoms. The predicted molar refractivity (Wildman–Crippen MR) is 75.7 cm³/mol. The first-order valence-corrected chi connectivity index (χ1v) is 6.54. The molecule has 0 radical (unpaired) electrons. The van der Waals surface area contributed by atoms with Crippen molar-refractivity contribution in [1.82, 2.24) is 25.1 Å². The molecule has 0 amide bonds. The highest BCUT2D eigenvalue weighted by atomic mass is 15.3. The number of hydrogen-bond donors (Lipinski definition) is 1. The highest BCUT2D eigenvalue weighted by Gasteiger charge is 2.18. The third-order valence-electron chi connectivity index (χ3n) is 3.36. The zero-order valence-corrected chi connectivity index (χ0v) is 12.2. The Kier molecular flexibility index (Phi) is 3.95. The summed E-state index contributed by atoms with van der Waals surface area (Å²) in [5.74, 6) is 1.26. The molecule has 0 saturated heterocycles. The van der Waals surface area contributed by atoms with E-state index in [1.54, 1.807) is 6.33 Å². The fraction of sp³-hybridized carbons (Fsp3) is 0.500. The van der Waals surface area contributed by atoms with E-state index in [1.165, 1.54) is 5.56 Å². The minimum Gasteiger partial charge on any atom is -0.319 e. The maximum atomic E-state index is 4.62. The molecule has 1 unspecified atom stereocenters. The Bertz CT molecular complexity index is 573. The third-order valence-corrected chi connectivity index (χ3v) is 3.36. The zero-order valence-electron chi connectivity index (χ0n) is 12.2. The van der Waals surface area contributed by atoms with E-state index in [1.807, 2.05) is 24.7 Å². The van der Waals surface area contributed by atoms with Crippen LogP contribution in [0.3, 0.4) is 0 Å². The molecule has 5 nitrogen and oxygen atoms in total. The van der Waals surface area contributed by atoms with Crippen LogP contribution >= 0.6 is 0 Å².